The van der Waals surface area contributed by atoms with Gasteiger partial charge in [0.2, 0.25) is 0 Å². The highest BCUT2D eigenvalue weighted by atomic mass is 16.6. The van der Waals surface area contributed by atoms with Gasteiger partial charge in [-0.15, -0.1) is 0 Å². The first-order valence-corrected chi connectivity index (χ1v) is 5.22. The van der Waals surface area contributed by atoms with E-state index in [1.165, 1.54) is 6.07 Å². The van der Waals surface area contributed by atoms with Crippen LogP contribution in [-0.2, 0) is 4.79 Å². The molecule has 0 unspecified atom stereocenters. The molecule has 0 aliphatic carbocycles. The fourth-order valence-electron chi connectivity index (χ4n) is 1.88. The lowest BCUT2D eigenvalue weighted by Crippen LogP contribution is -2.50. The highest BCUT2D eigenvalue weighted by Crippen LogP contribution is 2.33. The van der Waals surface area contributed by atoms with Crippen molar-refractivity contribution in [1.29, 1.82) is 0 Å². The fraction of sp³-hybridized carbons (Fsp3) is 0.364. The summed E-state index contributed by atoms with van der Waals surface area (Å²) in [7, 11) is 0. The van der Waals surface area contributed by atoms with Crippen LogP contribution in [0.1, 0.15) is 5.56 Å². The van der Waals surface area contributed by atoms with Gasteiger partial charge in [0.1, 0.15) is 5.69 Å². The van der Waals surface area contributed by atoms with Crippen LogP contribution < -0.4 is 4.90 Å². The SMILES string of the molecule is Cc1ccc(N2CC(C(=O)O)C2)c([N+](=O)[O-])c1. The molecule has 1 aliphatic rings. The smallest absolute Gasteiger partial charge is 0.310 e. The Hall–Kier alpha value is -2.11. The number of carboxylic acid groups (broad SMARTS) is 1. The number of nitrogens with zero attached hydrogens (tertiary/aromatic N) is 2. The molecule has 2 rings (SSSR count). The summed E-state index contributed by atoms with van der Waals surface area (Å²) in [6, 6.07) is 4.96. The highest BCUT2D eigenvalue weighted by Gasteiger charge is 2.35. The zero-order valence-corrected chi connectivity index (χ0v) is 9.29. The van der Waals surface area contributed by atoms with Crippen molar-refractivity contribution in [3.05, 3.63) is 33.9 Å². The first-order chi connectivity index (χ1) is 7.99. The van der Waals surface area contributed by atoms with Gasteiger partial charge in [0.15, 0.2) is 0 Å². The number of benzene rings is 1. The number of aryl methyl sites for hydroxylation is 1. The van der Waals surface area contributed by atoms with E-state index in [0.717, 1.165) is 5.56 Å². The quantitative estimate of drug-likeness (QED) is 0.633. The zero-order valence-electron chi connectivity index (χ0n) is 9.29. The number of rotatable bonds is 3. The molecule has 1 aliphatic heterocycles. The van der Waals surface area contributed by atoms with Gasteiger partial charge in [-0.25, -0.2) is 0 Å². The van der Waals surface area contributed by atoms with Gasteiger partial charge in [0.05, 0.1) is 10.8 Å². The van der Waals surface area contributed by atoms with Crippen LogP contribution in [0.2, 0.25) is 0 Å². The molecule has 1 aromatic carbocycles. The number of carbonyl (C=O) groups is 1. The van der Waals surface area contributed by atoms with E-state index < -0.39 is 16.8 Å². The molecule has 0 aromatic heterocycles. The number of nitro benzene ring substituents is 1. The summed E-state index contributed by atoms with van der Waals surface area (Å²) >= 11 is 0. The number of aliphatic carboxylic acids is 1. The average Bonchev–Trinajstić information content (AvgIpc) is 2.16. The van der Waals surface area contributed by atoms with Crippen LogP contribution in [0.15, 0.2) is 18.2 Å². The Morgan fingerprint density at radius 1 is 1.53 bits per heavy atom. The summed E-state index contributed by atoms with van der Waals surface area (Å²) in [6.45, 7) is 2.45. The minimum absolute atomic E-state index is 0.0360. The summed E-state index contributed by atoms with van der Waals surface area (Å²) in [6.07, 6.45) is 0. The summed E-state index contributed by atoms with van der Waals surface area (Å²) in [5.74, 6) is -1.27. The molecule has 0 radical (unpaired) electrons. The first-order valence-electron chi connectivity index (χ1n) is 5.22. The van der Waals surface area contributed by atoms with Crippen molar-refractivity contribution < 1.29 is 14.8 Å². The lowest BCUT2D eigenvalue weighted by atomic mass is 9.99. The Morgan fingerprint density at radius 3 is 2.71 bits per heavy atom. The average molecular weight is 236 g/mol. The van der Waals surface area contributed by atoms with Crippen molar-refractivity contribution in [1.82, 2.24) is 0 Å². The van der Waals surface area contributed by atoms with E-state index in [0.29, 0.717) is 18.8 Å². The number of hydrogen-bond acceptors (Lipinski definition) is 4. The zero-order chi connectivity index (χ0) is 12.6. The van der Waals surface area contributed by atoms with Gasteiger partial charge in [-0.2, -0.15) is 0 Å². The molecule has 1 N–H and O–H groups in total. The monoisotopic (exact) mass is 236 g/mol. The predicted octanol–water partition coefficient (Wildman–Crippen LogP) is 1.42. The number of nitro groups is 1. The molecule has 6 heteroatoms. The van der Waals surface area contributed by atoms with E-state index >= 15 is 0 Å². The third-order valence-electron chi connectivity index (χ3n) is 2.90. The van der Waals surface area contributed by atoms with E-state index in [-0.39, 0.29) is 5.69 Å². The Labute approximate surface area is 97.6 Å². The lowest BCUT2D eigenvalue weighted by molar-refractivity contribution is -0.384. The van der Waals surface area contributed by atoms with E-state index in [1.807, 2.05) is 0 Å². The molecule has 1 heterocycles. The maximum Gasteiger partial charge on any atom is 0.310 e. The molecular weight excluding hydrogens is 224 g/mol. The van der Waals surface area contributed by atoms with Gasteiger partial charge in [0, 0.05) is 19.2 Å². The molecule has 0 amide bonds. The minimum atomic E-state index is -0.851. The van der Waals surface area contributed by atoms with Gasteiger partial charge in [0.25, 0.3) is 5.69 Å². The second kappa shape index (κ2) is 4.04. The third kappa shape index (κ3) is 2.06. The van der Waals surface area contributed by atoms with Gasteiger partial charge < -0.3 is 10.0 Å². The summed E-state index contributed by atoms with van der Waals surface area (Å²) < 4.78 is 0. The molecule has 90 valence electrons. The van der Waals surface area contributed by atoms with Crippen molar-refractivity contribution >= 4 is 17.3 Å². The fourth-order valence-corrected chi connectivity index (χ4v) is 1.88. The summed E-state index contributed by atoms with van der Waals surface area (Å²) in [4.78, 5) is 22.9. The molecule has 0 bridgehead atoms. The number of hydrogen-bond donors (Lipinski definition) is 1. The minimum Gasteiger partial charge on any atom is -0.481 e. The Bertz CT molecular complexity index is 480. The van der Waals surface area contributed by atoms with Crippen molar-refractivity contribution in [3.63, 3.8) is 0 Å². The Morgan fingerprint density at radius 2 is 2.18 bits per heavy atom. The first kappa shape index (κ1) is 11.4. The standard InChI is InChI=1S/C11H12N2O4/c1-7-2-3-9(10(4-7)13(16)17)12-5-8(6-12)11(14)15/h2-4,8H,5-6H2,1H3,(H,14,15). The second-order valence-corrected chi connectivity index (χ2v) is 4.19. The summed E-state index contributed by atoms with van der Waals surface area (Å²) in [5.41, 5.74) is 1.35. The van der Waals surface area contributed by atoms with Gasteiger partial charge in [-0.05, 0) is 18.6 Å². The largest absolute Gasteiger partial charge is 0.481 e. The van der Waals surface area contributed by atoms with Crippen molar-refractivity contribution in [2.24, 2.45) is 5.92 Å². The van der Waals surface area contributed by atoms with Gasteiger partial charge in [-0.3, -0.25) is 14.9 Å². The molecular formula is C11H12N2O4. The van der Waals surface area contributed by atoms with Crippen LogP contribution in [0.3, 0.4) is 0 Å². The van der Waals surface area contributed by atoms with Gasteiger partial charge >= 0.3 is 5.97 Å². The number of anilines is 1. The van der Waals surface area contributed by atoms with E-state index in [4.69, 9.17) is 5.11 Å². The summed E-state index contributed by atoms with van der Waals surface area (Å²) in [5, 5.41) is 19.7. The van der Waals surface area contributed by atoms with Crippen LogP contribution in [-0.4, -0.2) is 29.1 Å². The molecule has 6 nitrogen and oxygen atoms in total. The molecule has 1 fully saturated rings. The molecule has 1 aromatic rings. The topological polar surface area (TPSA) is 83.7 Å². The molecule has 17 heavy (non-hydrogen) atoms. The van der Waals surface area contributed by atoms with Gasteiger partial charge in [-0.1, -0.05) is 6.07 Å². The van der Waals surface area contributed by atoms with E-state index in [2.05, 4.69) is 0 Å². The van der Waals surface area contributed by atoms with Crippen LogP contribution in [0.25, 0.3) is 0 Å². The normalized spacial score (nSPS) is 15.5. The van der Waals surface area contributed by atoms with Crippen LogP contribution >= 0.6 is 0 Å². The molecule has 1 saturated heterocycles. The van der Waals surface area contributed by atoms with Crippen molar-refractivity contribution in [2.45, 2.75) is 6.92 Å². The van der Waals surface area contributed by atoms with Crippen LogP contribution in [0, 0.1) is 23.0 Å². The van der Waals surface area contributed by atoms with E-state index in [1.54, 1.807) is 24.0 Å². The Kier molecular flexibility index (Phi) is 2.71. The molecule has 0 atom stereocenters. The van der Waals surface area contributed by atoms with Crippen molar-refractivity contribution in [3.8, 4) is 0 Å². The molecule has 0 spiro atoms. The Balaban J connectivity index is 2.23. The van der Waals surface area contributed by atoms with Crippen LogP contribution in [0.4, 0.5) is 11.4 Å². The third-order valence-corrected chi connectivity index (χ3v) is 2.90. The maximum absolute atomic E-state index is 10.9. The lowest BCUT2D eigenvalue weighted by Gasteiger charge is -2.38. The van der Waals surface area contributed by atoms with Crippen molar-refractivity contribution in [2.75, 3.05) is 18.0 Å². The van der Waals surface area contributed by atoms with Crippen LogP contribution in [0.5, 0.6) is 0 Å². The predicted molar refractivity (Wildman–Crippen MR) is 61.2 cm³/mol. The maximum atomic E-state index is 10.9. The number of carboxylic acids is 1. The van der Waals surface area contributed by atoms with E-state index in [9.17, 15) is 14.9 Å². The second-order valence-electron chi connectivity index (χ2n) is 4.19. The molecule has 0 saturated carbocycles. The highest BCUT2D eigenvalue weighted by molar-refractivity contribution is 5.76.